The Hall–Kier alpha value is -3.09. The van der Waals surface area contributed by atoms with Gasteiger partial charge in [-0.05, 0) is 31.5 Å². The molecule has 1 saturated heterocycles. The summed E-state index contributed by atoms with van der Waals surface area (Å²) in [5.74, 6) is 0.793. The van der Waals surface area contributed by atoms with E-state index >= 15 is 0 Å². The quantitative estimate of drug-likeness (QED) is 0.697. The third-order valence-electron chi connectivity index (χ3n) is 5.29. The highest BCUT2D eigenvalue weighted by Gasteiger charge is 2.27. The Morgan fingerprint density at radius 3 is 2.64 bits per heavy atom. The van der Waals surface area contributed by atoms with Gasteiger partial charge in [0.15, 0.2) is 11.8 Å². The Morgan fingerprint density at radius 1 is 1.14 bits per heavy atom. The van der Waals surface area contributed by atoms with E-state index in [-0.39, 0.29) is 5.91 Å². The normalized spacial score (nSPS) is 15.7. The van der Waals surface area contributed by atoms with E-state index in [1.54, 1.807) is 4.68 Å². The number of carbonyl (C=O) groups is 1. The molecule has 1 aliphatic heterocycles. The minimum Gasteiger partial charge on any atom is -0.481 e. The summed E-state index contributed by atoms with van der Waals surface area (Å²) in [6, 6.07) is 9.79. The van der Waals surface area contributed by atoms with Crippen molar-refractivity contribution in [3.05, 3.63) is 48.3 Å². The molecule has 3 aromatic rings. The fourth-order valence-corrected chi connectivity index (χ4v) is 3.66. The fraction of sp³-hybridized carbons (Fsp3) is 0.381. The number of nitrogens with zero attached hydrogens (tertiary/aromatic N) is 5. The second kappa shape index (κ2) is 7.50. The summed E-state index contributed by atoms with van der Waals surface area (Å²) in [6.45, 7) is 6.70. The van der Waals surface area contributed by atoms with Gasteiger partial charge in [-0.3, -0.25) is 9.48 Å². The third-order valence-corrected chi connectivity index (χ3v) is 5.29. The van der Waals surface area contributed by atoms with Crippen LogP contribution in [0.3, 0.4) is 0 Å². The second-order valence-electron chi connectivity index (χ2n) is 7.17. The number of ether oxygens (including phenoxy) is 1. The Morgan fingerprint density at radius 2 is 1.89 bits per heavy atom. The van der Waals surface area contributed by atoms with Gasteiger partial charge >= 0.3 is 0 Å². The molecule has 7 nitrogen and oxygen atoms in total. The number of aromatic nitrogens is 3. The minimum absolute atomic E-state index is 0.0316. The molecule has 0 bridgehead atoms. The van der Waals surface area contributed by atoms with E-state index in [0.29, 0.717) is 13.1 Å². The van der Waals surface area contributed by atoms with Crippen LogP contribution in [0.5, 0.6) is 5.75 Å². The lowest BCUT2D eigenvalue weighted by Gasteiger charge is -2.37. The lowest BCUT2D eigenvalue weighted by molar-refractivity contribution is -0.138. The van der Waals surface area contributed by atoms with Crippen LogP contribution in [0.1, 0.15) is 12.5 Å². The molecule has 0 radical (unpaired) electrons. The lowest BCUT2D eigenvalue weighted by Crippen LogP contribution is -2.52. The van der Waals surface area contributed by atoms with Crippen molar-refractivity contribution in [2.45, 2.75) is 20.0 Å². The molecule has 146 valence electrons. The maximum Gasteiger partial charge on any atom is 0.263 e. The van der Waals surface area contributed by atoms with Crippen LogP contribution in [0.2, 0.25) is 0 Å². The molecule has 28 heavy (non-hydrogen) atoms. The maximum atomic E-state index is 12.8. The molecule has 1 fully saturated rings. The number of rotatable bonds is 4. The minimum atomic E-state index is -0.501. The summed E-state index contributed by atoms with van der Waals surface area (Å²) >= 11 is 0. The Kier molecular flexibility index (Phi) is 4.90. The van der Waals surface area contributed by atoms with Gasteiger partial charge < -0.3 is 14.5 Å². The van der Waals surface area contributed by atoms with Gasteiger partial charge in [0, 0.05) is 39.4 Å². The van der Waals surface area contributed by atoms with E-state index in [4.69, 9.17) is 4.74 Å². The standard InChI is InChI=1S/C21H25N5O2/c1-15-6-4-5-7-19(15)28-16(2)21(27)26-12-10-25(11-13-26)18-8-9-22-20-17(18)14-23-24(20)3/h4-9,14,16H,10-13H2,1-3H3. The molecular formula is C21H25N5O2. The smallest absolute Gasteiger partial charge is 0.263 e. The lowest BCUT2D eigenvalue weighted by atomic mass is 10.2. The first-order valence-corrected chi connectivity index (χ1v) is 9.57. The van der Waals surface area contributed by atoms with Crippen LogP contribution in [-0.2, 0) is 11.8 Å². The van der Waals surface area contributed by atoms with Crippen LogP contribution < -0.4 is 9.64 Å². The fourth-order valence-electron chi connectivity index (χ4n) is 3.66. The van der Waals surface area contributed by atoms with E-state index in [2.05, 4.69) is 15.0 Å². The first kappa shape index (κ1) is 18.3. The van der Waals surface area contributed by atoms with Gasteiger partial charge in [0.05, 0.1) is 17.3 Å². The van der Waals surface area contributed by atoms with Crippen molar-refractivity contribution in [1.29, 1.82) is 0 Å². The summed E-state index contributed by atoms with van der Waals surface area (Å²) in [6.07, 6.45) is 3.17. The summed E-state index contributed by atoms with van der Waals surface area (Å²) in [5, 5.41) is 5.35. The second-order valence-corrected chi connectivity index (χ2v) is 7.17. The van der Waals surface area contributed by atoms with E-state index < -0.39 is 6.10 Å². The van der Waals surface area contributed by atoms with Crippen LogP contribution in [0.4, 0.5) is 5.69 Å². The summed E-state index contributed by atoms with van der Waals surface area (Å²) < 4.78 is 7.69. The number of benzene rings is 1. The van der Waals surface area contributed by atoms with Crippen molar-refractivity contribution < 1.29 is 9.53 Å². The first-order chi connectivity index (χ1) is 13.5. The molecular weight excluding hydrogens is 354 g/mol. The molecule has 7 heteroatoms. The van der Waals surface area contributed by atoms with Crippen LogP contribution >= 0.6 is 0 Å². The molecule has 3 heterocycles. The van der Waals surface area contributed by atoms with Crippen LogP contribution in [0.15, 0.2) is 42.7 Å². The van der Waals surface area contributed by atoms with Gasteiger partial charge in [-0.2, -0.15) is 5.10 Å². The number of hydrogen-bond acceptors (Lipinski definition) is 5. The van der Waals surface area contributed by atoms with Gasteiger partial charge in [0.2, 0.25) is 0 Å². The highest BCUT2D eigenvalue weighted by molar-refractivity contribution is 5.89. The number of fused-ring (bicyclic) bond motifs is 1. The molecule has 0 spiro atoms. The SMILES string of the molecule is Cc1ccccc1OC(C)C(=O)N1CCN(c2ccnc3c2cnn3C)CC1. The molecule has 1 aromatic carbocycles. The Labute approximate surface area is 164 Å². The maximum absolute atomic E-state index is 12.8. The van der Waals surface area contributed by atoms with Crippen LogP contribution in [0, 0.1) is 6.92 Å². The number of para-hydroxylation sites is 1. The summed E-state index contributed by atoms with van der Waals surface area (Å²) in [7, 11) is 1.89. The number of aryl methyl sites for hydroxylation is 2. The topological polar surface area (TPSA) is 63.5 Å². The molecule has 0 saturated carbocycles. The molecule has 2 aromatic heterocycles. The number of anilines is 1. The number of amides is 1. The predicted octanol–water partition coefficient (Wildman–Crippen LogP) is 2.39. The number of piperazine rings is 1. The molecule has 0 aliphatic carbocycles. The van der Waals surface area contributed by atoms with Gasteiger partial charge in [-0.25, -0.2) is 4.98 Å². The van der Waals surface area contributed by atoms with Crippen LogP contribution in [0.25, 0.3) is 11.0 Å². The average Bonchev–Trinajstić information content (AvgIpc) is 3.10. The molecule has 1 aliphatic rings. The number of hydrogen-bond donors (Lipinski definition) is 0. The Balaban J connectivity index is 1.41. The summed E-state index contributed by atoms with van der Waals surface area (Å²) in [4.78, 5) is 21.4. The summed E-state index contributed by atoms with van der Waals surface area (Å²) in [5.41, 5.74) is 3.02. The van der Waals surface area contributed by atoms with Gasteiger partial charge in [0.1, 0.15) is 5.75 Å². The highest BCUT2D eigenvalue weighted by Crippen LogP contribution is 2.26. The van der Waals surface area contributed by atoms with Gasteiger partial charge in [0.25, 0.3) is 5.91 Å². The number of pyridine rings is 1. The van der Waals surface area contributed by atoms with Crippen molar-refractivity contribution in [3.63, 3.8) is 0 Å². The average molecular weight is 379 g/mol. The van der Waals surface area contributed by atoms with Crippen molar-refractivity contribution in [2.24, 2.45) is 7.05 Å². The predicted molar refractivity (Wildman–Crippen MR) is 109 cm³/mol. The van der Waals surface area contributed by atoms with E-state index in [0.717, 1.165) is 41.1 Å². The first-order valence-electron chi connectivity index (χ1n) is 9.57. The van der Waals surface area contributed by atoms with Crippen molar-refractivity contribution in [3.8, 4) is 5.75 Å². The van der Waals surface area contributed by atoms with E-state index in [9.17, 15) is 4.79 Å². The largest absolute Gasteiger partial charge is 0.481 e. The molecule has 0 N–H and O–H groups in total. The van der Waals surface area contributed by atoms with Gasteiger partial charge in [-0.15, -0.1) is 0 Å². The third kappa shape index (κ3) is 3.40. The van der Waals surface area contributed by atoms with Gasteiger partial charge in [-0.1, -0.05) is 18.2 Å². The van der Waals surface area contributed by atoms with Crippen molar-refractivity contribution in [2.75, 3.05) is 31.1 Å². The monoisotopic (exact) mass is 379 g/mol. The zero-order chi connectivity index (χ0) is 19.7. The molecule has 4 rings (SSSR count). The van der Waals surface area contributed by atoms with Crippen LogP contribution in [-0.4, -0.2) is 57.9 Å². The molecule has 1 atom stereocenters. The Bertz CT molecular complexity index is 991. The number of carbonyl (C=O) groups excluding carboxylic acids is 1. The van der Waals surface area contributed by atoms with E-state index in [1.165, 1.54) is 0 Å². The zero-order valence-electron chi connectivity index (χ0n) is 16.5. The van der Waals surface area contributed by atoms with Crippen molar-refractivity contribution in [1.82, 2.24) is 19.7 Å². The van der Waals surface area contributed by atoms with E-state index in [1.807, 2.05) is 68.5 Å². The highest BCUT2D eigenvalue weighted by atomic mass is 16.5. The zero-order valence-corrected chi connectivity index (χ0v) is 16.5. The molecule has 1 unspecified atom stereocenters. The van der Waals surface area contributed by atoms with Crippen molar-refractivity contribution >= 4 is 22.6 Å². The molecule has 1 amide bonds.